The van der Waals surface area contributed by atoms with Crippen LogP contribution in [0.3, 0.4) is 0 Å². The lowest BCUT2D eigenvalue weighted by molar-refractivity contribution is 0.442. The summed E-state index contributed by atoms with van der Waals surface area (Å²) in [4.78, 5) is 9.79. The van der Waals surface area contributed by atoms with Crippen molar-refractivity contribution in [1.82, 2.24) is 9.97 Å². The van der Waals surface area contributed by atoms with Crippen LogP contribution in [0.15, 0.2) is 65.2 Å². The molecule has 0 radical (unpaired) electrons. The zero-order valence-electron chi connectivity index (χ0n) is 20.2. The maximum Gasteiger partial charge on any atom is 0.227 e. The smallest absolute Gasteiger partial charge is 0.227 e. The van der Waals surface area contributed by atoms with Crippen LogP contribution in [-0.2, 0) is 0 Å². The average molecular weight is 447 g/mol. The highest BCUT2D eigenvalue weighted by Crippen LogP contribution is 2.39. The van der Waals surface area contributed by atoms with Gasteiger partial charge in [-0.05, 0) is 86.1 Å². The molecule has 2 aromatic carbocycles. The zero-order valence-corrected chi connectivity index (χ0v) is 20.2. The number of aromatic nitrogens is 2. The highest BCUT2D eigenvalue weighted by molar-refractivity contribution is 6.08. The van der Waals surface area contributed by atoms with E-state index in [1.807, 2.05) is 6.20 Å². The number of benzene rings is 2. The van der Waals surface area contributed by atoms with E-state index in [9.17, 15) is 0 Å². The fraction of sp³-hybridized carbons (Fsp3) is 0.290. The van der Waals surface area contributed by atoms with Gasteiger partial charge in [-0.15, -0.1) is 0 Å². The van der Waals surface area contributed by atoms with E-state index in [-0.39, 0.29) is 0 Å². The molecule has 3 heterocycles. The van der Waals surface area contributed by atoms with Crippen LogP contribution in [0.1, 0.15) is 60.3 Å². The lowest BCUT2D eigenvalue weighted by Crippen LogP contribution is -2.07. The molecule has 34 heavy (non-hydrogen) atoms. The Hall–Kier alpha value is -3.46. The summed E-state index contributed by atoms with van der Waals surface area (Å²) >= 11 is 0. The van der Waals surface area contributed by atoms with E-state index in [0.29, 0.717) is 11.6 Å². The molecule has 1 aliphatic rings. The van der Waals surface area contributed by atoms with Gasteiger partial charge in [0.2, 0.25) is 5.71 Å². The third-order valence-corrected chi connectivity index (χ3v) is 7.57. The van der Waals surface area contributed by atoms with Gasteiger partial charge >= 0.3 is 0 Å². The zero-order chi connectivity index (χ0) is 23.2. The maximum atomic E-state index is 6.44. The highest BCUT2D eigenvalue weighted by Gasteiger charge is 2.20. The summed E-state index contributed by atoms with van der Waals surface area (Å²) in [6.07, 6.45) is 8.62. The van der Waals surface area contributed by atoms with Crippen molar-refractivity contribution in [2.45, 2.75) is 58.8 Å². The molecule has 170 valence electrons. The fourth-order valence-corrected chi connectivity index (χ4v) is 5.78. The molecule has 1 fully saturated rings. The van der Waals surface area contributed by atoms with E-state index < -0.39 is 0 Å². The van der Waals surface area contributed by atoms with Gasteiger partial charge in [0.05, 0.1) is 11.4 Å². The van der Waals surface area contributed by atoms with Crippen molar-refractivity contribution >= 4 is 22.1 Å². The molecule has 0 aliphatic heterocycles. The molecule has 6 rings (SSSR count). The normalized spacial score (nSPS) is 14.8. The van der Waals surface area contributed by atoms with Crippen LogP contribution in [0.4, 0.5) is 0 Å². The van der Waals surface area contributed by atoms with Crippen molar-refractivity contribution in [2.24, 2.45) is 0 Å². The Kier molecular flexibility index (Phi) is 5.21. The van der Waals surface area contributed by atoms with Crippen molar-refractivity contribution in [2.75, 3.05) is 0 Å². The number of furan rings is 1. The van der Waals surface area contributed by atoms with Crippen LogP contribution >= 0.6 is 0 Å². The van der Waals surface area contributed by atoms with Crippen LogP contribution < -0.4 is 0 Å². The van der Waals surface area contributed by atoms with Gasteiger partial charge in [-0.3, -0.25) is 4.98 Å². The maximum absolute atomic E-state index is 6.44. The minimum absolute atomic E-state index is 0.645. The number of hydrogen-bond donors (Lipinski definition) is 0. The highest BCUT2D eigenvalue weighted by atomic mass is 16.3. The van der Waals surface area contributed by atoms with Crippen LogP contribution in [0.2, 0.25) is 0 Å². The molecule has 3 aromatic heterocycles. The van der Waals surface area contributed by atoms with E-state index in [1.54, 1.807) is 0 Å². The van der Waals surface area contributed by atoms with E-state index in [1.165, 1.54) is 59.9 Å². The van der Waals surface area contributed by atoms with Gasteiger partial charge in [0.1, 0.15) is 5.58 Å². The Balaban J connectivity index is 1.49. The van der Waals surface area contributed by atoms with Crippen molar-refractivity contribution in [1.29, 1.82) is 0 Å². The Morgan fingerprint density at radius 3 is 2.32 bits per heavy atom. The first-order valence-electron chi connectivity index (χ1n) is 12.5. The summed E-state index contributed by atoms with van der Waals surface area (Å²) in [5.41, 5.74) is 10.9. The fourth-order valence-electron chi connectivity index (χ4n) is 5.78. The second kappa shape index (κ2) is 8.39. The van der Waals surface area contributed by atoms with Gasteiger partial charge in [0.25, 0.3) is 0 Å². The van der Waals surface area contributed by atoms with Crippen molar-refractivity contribution < 1.29 is 4.42 Å². The molecule has 0 spiro atoms. The van der Waals surface area contributed by atoms with Crippen LogP contribution in [0.5, 0.6) is 0 Å². The van der Waals surface area contributed by atoms with Gasteiger partial charge in [-0.2, -0.15) is 0 Å². The minimum atomic E-state index is 0.645. The van der Waals surface area contributed by atoms with E-state index in [0.717, 1.165) is 33.3 Å². The van der Waals surface area contributed by atoms with E-state index >= 15 is 0 Å². The van der Waals surface area contributed by atoms with Crippen molar-refractivity contribution in [3.8, 4) is 22.5 Å². The molecule has 3 heteroatoms. The Bertz CT molecular complexity index is 1500. The molecule has 1 aliphatic carbocycles. The molecule has 0 N–H and O–H groups in total. The topological polar surface area (TPSA) is 38.9 Å². The molecule has 0 bridgehead atoms. The Morgan fingerprint density at radius 1 is 0.765 bits per heavy atom. The number of para-hydroxylation sites is 1. The SMILES string of the molecule is Cc1cnc(-c2cccc3c2oc2nc(-c4c(C)cccc4C)ccc23)cc1C1CCCCC1. The summed E-state index contributed by atoms with van der Waals surface area (Å²) < 4.78 is 6.44. The lowest BCUT2D eigenvalue weighted by atomic mass is 9.82. The summed E-state index contributed by atoms with van der Waals surface area (Å²) in [6, 6.07) is 19.3. The quantitative estimate of drug-likeness (QED) is 0.278. The Labute approximate surface area is 200 Å². The predicted molar refractivity (Wildman–Crippen MR) is 140 cm³/mol. The third kappa shape index (κ3) is 3.51. The molecule has 0 unspecified atom stereocenters. The molecule has 3 nitrogen and oxygen atoms in total. The minimum Gasteiger partial charge on any atom is -0.437 e. The second-order valence-electron chi connectivity index (χ2n) is 9.86. The van der Waals surface area contributed by atoms with Gasteiger partial charge < -0.3 is 4.42 Å². The van der Waals surface area contributed by atoms with Gasteiger partial charge in [-0.1, -0.05) is 49.6 Å². The largest absolute Gasteiger partial charge is 0.437 e. The molecular weight excluding hydrogens is 416 g/mol. The van der Waals surface area contributed by atoms with Crippen LogP contribution in [0.25, 0.3) is 44.6 Å². The predicted octanol–water partition coefficient (Wildman–Crippen LogP) is 8.68. The molecule has 0 amide bonds. The number of pyridine rings is 2. The standard InChI is InChI=1S/C31H30N2O/c1-19-9-7-10-20(2)29(19)27-16-15-24-23-13-8-14-25(30(23)34-31(24)33-27)28-17-26(21(3)18-32-28)22-11-5-4-6-12-22/h7-10,13-18,22H,4-6,11-12H2,1-3H3. The number of aryl methyl sites for hydroxylation is 3. The molecule has 0 atom stereocenters. The van der Waals surface area contributed by atoms with Crippen molar-refractivity contribution in [3.05, 3.63) is 83.0 Å². The molecule has 1 saturated carbocycles. The molecular formula is C31H30N2O. The first kappa shape index (κ1) is 21.1. The van der Waals surface area contributed by atoms with Gasteiger partial charge in [-0.25, -0.2) is 4.98 Å². The summed E-state index contributed by atoms with van der Waals surface area (Å²) in [5.74, 6) is 0.645. The first-order valence-corrected chi connectivity index (χ1v) is 12.5. The average Bonchev–Trinajstić information content (AvgIpc) is 3.23. The van der Waals surface area contributed by atoms with Gasteiger partial charge in [0, 0.05) is 28.1 Å². The Morgan fingerprint density at radius 2 is 1.53 bits per heavy atom. The van der Waals surface area contributed by atoms with Gasteiger partial charge in [0.15, 0.2) is 0 Å². The first-order chi connectivity index (χ1) is 16.6. The molecule has 5 aromatic rings. The number of nitrogens with zero attached hydrogens (tertiary/aromatic N) is 2. The number of rotatable bonds is 3. The number of hydrogen-bond acceptors (Lipinski definition) is 3. The monoisotopic (exact) mass is 446 g/mol. The summed E-state index contributed by atoms with van der Waals surface area (Å²) in [5, 5.41) is 2.14. The second-order valence-corrected chi connectivity index (χ2v) is 9.86. The van der Waals surface area contributed by atoms with Crippen LogP contribution in [0, 0.1) is 20.8 Å². The van der Waals surface area contributed by atoms with Crippen molar-refractivity contribution in [3.63, 3.8) is 0 Å². The molecule has 0 saturated heterocycles. The summed E-state index contributed by atoms with van der Waals surface area (Å²) in [7, 11) is 0. The van der Waals surface area contributed by atoms with E-state index in [2.05, 4.69) is 75.4 Å². The lowest BCUT2D eigenvalue weighted by Gasteiger charge is -2.24. The number of fused-ring (bicyclic) bond motifs is 3. The summed E-state index contributed by atoms with van der Waals surface area (Å²) in [6.45, 7) is 6.47. The van der Waals surface area contributed by atoms with E-state index in [4.69, 9.17) is 14.4 Å². The third-order valence-electron chi connectivity index (χ3n) is 7.57. The van der Waals surface area contributed by atoms with Crippen LogP contribution in [-0.4, -0.2) is 9.97 Å².